The number of phosphoric acid groups is 1. The van der Waals surface area contributed by atoms with Crippen molar-refractivity contribution in [1.82, 2.24) is 0 Å². The van der Waals surface area contributed by atoms with Gasteiger partial charge in [-0.15, -0.1) is 0 Å². The third-order valence-electron chi connectivity index (χ3n) is 0. The van der Waals surface area contributed by atoms with Crippen LogP contribution >= 0.6 is 7.82 Å². The van der Waals surface area contributed by atoms with Gasteiger partial charge in [0.05, 0.1) is 0 Å². The fraction of sp³-hybridized carbons (Fsp3) is 0. The van der Waals surface area contributed by atoms with E-state index < -0.39 is 7.82 Å². The van der Waals surface area contributed by atoms with Crippen LogP contribution < -0.4 is 44.2 Å². The molecular formula is FeMnNaO4PV+2. The Morgan fingerprint density at radius 1 is 1.11 bits per heavy atom. The second-order valence-corrected chi connectivity index (χ2v) is 1.34. The molecule has 0 heterocycles. The second-order valence-electron chi connectivity index (χ2n) is 0.447. The summed E-state index contributed by atoms with van der Waals surface area (Å²) in [6.45, 7) is 0. The summed E-state index contributed by atoms with van der Waals surface area (Å²) in [6, 6.07) is 0. The van der Waals surface area contributed by atoms with Crippen molar-refractivity contribution in [2.45, 2.75) is 0 Å². The summed E-state index contributed by atoms with van der Waals surface area (Å²) in [6.07, 6.45) is 0. The van der Waals surface area contributed by atoms with E-state index in [0.29, 0.717) is 0 Å². The van der Waals surface area contributed by atoms with E-state index in [1.165, 1.54) is 0 Å². The molecule has 48 valence electrons. The van der Waals surface area contributed by atoms with Crippen molar-refractivity contribution in [2.75, 3.05) is 0 Å². The van der Waals surface area contributed by atoms with Gasteiger partial charge in [-0.25, -0.2) is 0 Å². The van der Waals surface area contributed by atoms with Crippen LogP contribution in [0.3, 0.4) is 0 Å². The average Bonchev–Trinajstić information content (AvgIpc) is 0.722. The molecule has 9 heteroatoms. The minimum absolute atomic E-state index is 0. The molecule has 0 aliphatic heterocycles. The molecule has 2 radical (unpaired) electrons. The first kappa shape index (κ1) is 29.8. The van der Waals surface area contributed by atoms with Crippen LogP contribution in [0.15, 0.2) is 0 Å². The molecule has 0 saturated heterocycles. The minimum Gasteiger partial charge on any atom is -0.822 e. The predicted octanol–water partition coefficient (Wildman–Crippen LogP) is -5.83. The zero-order valence-electron chi connectivity index (χ0n) is 4.26. The van der Waals surface area contributed by atoms with Gasteiger partial charge in [0.15, 0.2) is 0 Å². The van der Waals surface area contributed by atoms with Gasteiger partial charge in [-0.05, 0) is 0 Å². The van der Waals surface area contributed by atoms with Gasteiger partial charge in [-0.2, -0.15) is 7.82 Å². The fourth-order valence-electron chi connectivity index (χ4n) is 0. The summed E-state index contributed by atoms with van der Waals surface area (Å²) >= 11 is 0. The normalized spacial score (nSPS) is 6.56. The maximum absolute atomic E-state index is 8.55. The van der Waals surface area contributed by atoms with Gasteiger partial charge < -0.3 is 19.2 Å². The van der Waals surface area contributed by atoms with E-state index in [4.69, 9.17) is 19.2 Å². The second kappa shape index (κ2) is 13.3. The van der Waals surface area contributed by atoms with E-state index >= 15 is 0 Å². The molecular weight excluding hydrogens is 280 g/mol. The fourth-order valence-corrected chi connectivity index (χ4v) is 0. The van der Waals surface area contributed by atoms with Crippen molar-refractivity contribution in [3.05, 3.63) is 0 Å². The molecule has 0 aromatic carbocycles. The standard InChI is InChI=1S/Fe.Mn.Na.H3O4P.V/c;;;1-5(2,3)4;/h;;;(H3,1,2,3,4);/q2*+2;+1;;/p-3. The van der Waals surface area contributed by atoms with E-state index in [-0.39, 0.29) is 82.3 Å². The van der Waals surface area contributed by atoms with Crippen LogP contribution in [0.1, 0.15) is 0 Å². The van der Waals surface area contributed by atoms with Gasteiger partial charge in [-0.1, -0.05) is 0 Å². The number of hydrogen-bond acceptors (Lipinski definition) is 4. The largest absolute Gasteiger partial charge is 2.00 e. The van der Waals surface area contributed by atoms with Crippen molar-refractivity contribution in [3.63, 3.8) is 0 Å². The topological polar surface area (TPSA) is 86.2 Å². The van der Waals surface area contributed by atoms with E-state index in [2.05, 4.69) is 0 Å². The van der Waals surface area contributed by atoms with Gasteiger partial charge in [0.2, 0.25) is 0 Å². The van der Waals surface area contributed by atoms with Gasteiger partial charge in [0, 0.05) is 18.6 Å². The molecule has 0 atom stereocenters. The number of rotatable bonds is 0. The monoisotopic (exact) mass is 280 g/mol. The Kier molecular flexibility index (Phi) is 44.2. The predicted molar refractivity (Wildman–Crippen MR) is 7.61 cm³/mol. The van der Waals surface area contributed by atoms with Crippen LogP contribution in [-0.4, -0.2) is 0 Å². The Labute approximate surface area is 108 Å². The first-order valence-electron chi connectivity index (χ1n) is 0.730. The molecule has 0 aromatic heterocycles. The Hall–Kier alpha value is 2.73. The van der Waals surface area contributed by atoms with Crippen LogP contribution in [0, 0.1) is 0 Å². The van der Waals surface area contributed by atoms with E-state index in [9.17, 15) is 0 Å². The van der Waals surface area contributed by atoms with Gasteiger partial charge in [-0.3, -0.25) is 0 Å². The molecule has 4 nitrogen and oxygen atoms in total. The molecule has 9 heavy (non-hydrogen) atoms. The zero-order chi connectivity index (χ0) is 4.50. The molecule has 0 spiro atoms. The molecule has 0 aliphatic rings. The summed E-state index contributed by atoms with van der Waals surface area (Å²) in [4.78, 5) is 25.6. The van der Waals surface area contributed by atoms with Crippen molar-refractivity contribution in [1.29, 1.82) is 0 Å². The molecule has 0 rings (SSSR count). The third-order valence-corrected chi connectivity index (χ3v) is 0. The van der Waals surface area contributed by atoms with Crippen LogP contribution in [0.5, 0.6) is 0 Å². The summed E-state index contributed by atoms with van der Waals surface area (Å²) in [5.74, 6) is 0. The quantitative estimate of drug-likeness (QED) is 0.326. The maximum atomic E-state index is 8.55. The van der Waals surface area contributed by atoms with E-state index in [1.54, 1.807) is 0 Å². The minimum atomic E-state index is -5.39. The first-order chi connectivity index (χ1) is 2.00. The van der Waals surface area contributed by atoms with Gasteiger partial charge in [0.25, 0.3) is 0 Å². The molecule has 0 amide bonds. The number of hydrogen-bond donors (Lipinski definition) is 0. The molecule has 0 saturated carbocycles. The molecule has 0 aliphatic carbocycles. The van der Waals surface area contributed by atoms with Gasteiger partial charge >= 0.3 is 63.7 Å². The molecule has 0 unspecified atom stereocenters. The summed E-state index contributed by atoms with van der Waals surface area (Å²) in [5.41, 5.74) is 0. The molecule has 0 aromatic rings. The first-order valence-corrected chi connectivity index (χ1v) is 2.19. The Morgan fingerprint density at radius 2 is 1.11 bits per heavy atom. The van der Waals surface area contributed by atoms with Crippen molar-refractivity contribution in [2.24, 2.45) is 0 Å². The third kappa shape index (κ3) is 110. The Bertz CT molecular complexity index is 66.7. The summed E-state index contributed by atoms with van der Waals surface area (Å²) < 4.78 is 8.55. The van der Waals surface area contributed by atoms with Crippen LogP contribution in [-0.2, 0) is 57.3 Å². The summed E-state index contributed by atoms with van der Waals surface area (Å²) in [5, 5.41) is 0. The van der Waals surface area contributed by atoms with E-state index in [0.717, 1.165) is 0 Å². The Morgan fingerprint density at radius 3 is 1.11 bits per heavy atom. The molecule has 0 bridgehead atoms. The molecule has 0 fully saturated rings. The SMILES string of the molecule is O=P([O-])([O-])[O-].[Fe+2].[Mn+2].[Na+].[V]. The zero-order valence-corrected chi connectivity index (χ0v) is 10.8. The van der Waals surface area contributed by atoms with Crippen LogP contribution in [0.25, 0.3) is 0 Å². The van der Waals surface area contributed by atoms with Gasteiger partial charge in [0.1, 0.15) is 0 Å². The van der Waals surface area contributed by atoms with Crippen LogP contribution in [0.2, 0.25) is 0 Å². The Balaban J connectivity index is -0.0000000133. The van der Waals surface area contributed by atoms with Crippen LogP contribution in [0.4, 0.5) is 0 Å². The average molecular weight is 280 g/mol. The van der Waals surface area contributed by atoms with E-state index in [1.807, 2.05) is 0 Å². The van der Waals surface area contributed by atoms with Crippen molar-refractivity contribution >= 4 is 7.82 Å². The maximum Gasteiger partial charge on any atom is 2.00 e. The molecule has 0 N–H and O–H groups in total. The summed E-state index contributed by atoms with van der Waals surface area (Å²) in [7, 11) is -5.39. The smallest absolute Gasteiger partial charge is 0.822 e. The van der Waals surface area contributed by atoms with Crippen molar-refractivity contribution < 1.29 is 101 Å². The van der Waals surface area contributed by atoms with Crippen molar-refractivity contribution in [3.8, 4) is 0 Å².